The molecule has 1 amide bonds. The zero-order valence-corrected chi connectivity index (χ0v) is 14.2. The van der Waals surface area contributed by atoms with Crippen molar-refractivity contribution in [3.8, 4) is 11.4 Å². The van der Waals surface area contributed by atoms with Crippen LogP contribution in [0.1, 0.15) is 20.3 Å². The second-order valence-electron chi connectivity index (χ2n) is 6.77. The normalized spacial score (nSPS) is 11.7. The fourth-order valence-corrected chi connectivity index (χ4v) is 2.47. The third-order valence-corrected chi connectivity index (χ3v) is 3.98. The maximum absolute atomic E-state index is 13.1. The van der Waals surface area contributed by atoms with E-state index in [2.05, 4.69) is 15.5 Å². The molecule has 7 heteroatoms. The van der Waals surface area contributed by atoms with Crippen molar-refractivity contribution in [1.82, 2.24) is 14.6 Å². The van der Waals surface area contributed by atoms with Crippen LogP contribution in [0.25, 0.3) is 17.0 Å². The number of hydrogen-bond donors (Lipinski definition) is 2. The highest BCUT2D eigenvalue weighted by Gasteiger charge is 2.20. The number of fused-ring (bicyclic) bond motifs is 1. The molecule has 2 heterocycles. The van der Waals surface area contributed by atoms with E-state index in [1.54, 1.807) is 34.9 Å². The van der Waals surface area contributed by atoms with Crippen molar-refractivity contribution in [2.75, 3.05) is 11.9 Å². The van der Waals surface area contributed by atoms with Crippen molar-refractivity contribution in [3.05, 3.63) is 48.4 Å². The molecule has 0 aliphatic carbocycles. The minimum absolute atomic E-state index is 0.105. The summed E-state index contributed by atoms with van der Waals surface area (Å²) in [6, 6.07) is 9.56. The summed E-state index contributed by atoms with van der Waals surface area (Å²) in [6.45, 7) is 4.32. The Morgan fingerprint density at radius 1 is 1.20 bits per heavy atom. The lowest BCUT2D eigenvalue weighted by atomic mass is 9.89. The fourth-order valence-electron chi connectivity index (χ4n) is 2.47. The quantitative estimate of drug-likeness (QED) is 0.747. The van der Waals surface area contributed by atoms with Crippen LogP contribution in [0, 0.1) is 11.2 Å². The van der Waals surface area contributed by atoms with Gasteiger partial charge >= 0.3 is 0 Å². The van der Waals surface area contributed by atoms with Crippen LogP contribution < -0.4 is 11.1 Å². The second-order valence-corrected chi connectivity index (χ2v) is 6.77. The van der Waals surface area contributed by atoms with Gasteiger partial charge in [-0.15, -0.1) is 10.2 Å². The molecule has 0 bridgehead atoms. The van der Waals surface area contributed by atoms with Crippen LogP contribution >= 0.6 is 0 Å². The van der Waals surface area contributed by atoms with Crippen LogP contribution in [-0.4, -0.2) is 27.0 Å². The highest BCUT2D eigenvalue weighted by atomic mass is 19.1. The van der Waals surface area contributed by atoms with Gasteiger partial charge in [0, 0.05) is 18.2 Å². The summed E-state index contributed by atoms with van der Waals surface area (Å²) in [5, 5.41) is 11.1. The molecule has 3 aromatic rings. The average Bonchev–Trinajstić information content (AvgIpc) is 2.98. The van der Waals surface area contributed by atoms with Crippen molar-refractivity contribution in [3.63, 3.8) is 0 Å². The van der Waals surface area contributed by atoms with Crippen molar-refractivity contribution in [2.24, 2.45) is 11.1 Å². The van der Waals surface area contributed by atoms with Gasteiger partial charge in [-0.1, -0.05) is 13.8 Å². The van der Waals surface area contributed by atoms with Gasteiger partial charge in [0.15, 0.2) is 11.5 Å². The Labute approximate surface area is 144 Å². The lowest BCUT2D eigenvalue weighted by Gasteiger charge is -2.21. The molecule has 3 rings (SSSR count). The van der Waals surface area contributed by atoms with Gasteiger partial charge in [0.1, 0.15) is 5.82 Å². The van der Waals surface area contributed by atoms with E-state index in [1.165, 1.54) is 12.1 Å². The fraction of sp³-hybridized carbons (Fsp3) is 0.278. The number of halogens is 1. The summed E-state index contributed by atoms with van der Waals surface area (Å²) < 4.78 is 14.9. The number of benzene rings is 1. The molecule has 0 atom stereocenters. The smallest absolute Gasteiger partial charge is 0.224 e. The number of carbonyl (C=O) groups is 1. The maximum Gasteiger partial charge on any atom is 0.224 e. The second kappa shape index (κ2) is 6.60. The summed E-state index contributed by atoms with van der Waals surface area (Å²) in [5.41, 5.74) is 7.43. The van der Waals surface area contributed by atoms with Crippen LogP contribution in [0.15, 0.2) is 42.6 Å². The molecule has 25 heavy (non-hydrogen) atoms. The summed E-state index contributed by atoms with van der Waals surface area (Å²) in [7, 11) is 0. The van der Waals surface area contributed by atoms with Gasteiger partial charge in [-0.25, -0.2) is 4.39 Å². The molecule has 0 aliphatic rings. The molecular formula is C18H20FN5O. The first-order valence-electron chi connectivity index (χ1n) is 7.99. The number of nitrogens with zero attached hydrogens (tertiary/aromatic N) is 3. The van der Waals surface area contributed by atoms with Crippen LogP contribution in [-0.2, 0) is 4.79 Å². The molecule has 1 aromatic carbocycles. The zero-order valence-electron chi connectivity index (χ0n) is 14.2. The molecule has 0 fully saturated rings. The number of amides is 1. The number of nitrogens with two attached hydrogens (primary N) is 1. The standard InChI is InChI=1S/C18H20FN5O/c1-18(2,11-20)9-16(25)21-14-7-8-15-22-23-17(24(15)10-14)12-3-5-13(19)6-4-12/h3-8,10H,9,11,20H2,1-2H3,(H,21,25). The minimum atomic E-state index is -0.312. The number of aromatic nitrogens is 3. The topological polar surface area (TPSA) is 85.3 Å². The Morgan fingerprint density at radius 2 is 1.92 bits per heavy atom. The average molecular weight is 341 g/mol. The lowest BCUT2D eigenvalue weighted by Crippen LogP contribution is -2.29. The number of carbonyl (C=O) groups excluding carboxylic acids is 1. The van der Waals surface area contributed by atoms with Gasteiger partial charge in [-0.3, -0.25) is 9.20 Å². The van der Waals surface area contributed by atoms with Gasteiger partial charge < -0.3 is 11.1 Å². The third kappa shape index (κ3) is 3.83. The van der Waals surface area contributed by atoms with Gasteiger partial charge in [-0.2, -0.15) is 0 Å². The van der Waals surface area contributed by atoms with E-state index in [0.717, 1.165) is 5.56 Å². The Hall–Kier alpha value is -2.80. The Balaban J connectivity index is 1.88. The van der Waals surface area contributed by atoms with Crippen molar-refractivity contribution in [2.45, 2.75) is 20.3 Å². The van der Waals surface area contributed by atoms with E-state index in [1.807, 2.05) is 13.8 Å². The Morgan fingerprint density at radius 3 is 2.60 bits per heavy atom. The molecule has 0 unspecified atom stereocenters. The summed E-state index contributed by atoms with van der Waals surface area (Å²) >= 11 is 0. The first-order chi connectivity index (χ1) is 11.9. The third-order valence-electron chi connectivity index (χ3n) is 3.98. The molecule has 0 saturated heterocycles. The number of rotatable bonds is 5. The predicted octanol–water partition coefficient (Wildman–Crippen LogP) is 2.85. The first kappa shape index (κ1) is 17.0. The van der Waals surface area contributed by atoms with Crippen molar-refractivity contribution < 1.29 is 9.18 Å². The van der Waals surface area contributed by atoms with E-state index >= 15 is 0 Å². The van der Waals surface area contributed by atoms with Crippen molar-refractivity contribution >= 4 is 17.2 Å². The Kier molecular flexibility index (Phi) is 4.50. The summed E-state index contributed by atoms with van der Waals surface area (Å²) in [6.07, 6.45) is 2.08. The molecule has 0 spiro atoms. The van der Waals surface area contributed by atoms with E-state index in [9.17, 15) is 9.18 Å². The predicted molar refractivity (Wildman–Crippen MR) is 94.5 cm³/mol. The largest absolute Gasteiger partial charge is 0.330 e. The molecule has 3 N–H and O–H groups in total. The van der Waals surface area contributed by atoms with Gasteiger partial charge in [0.05, 0.1) is 5.69 Å². The summed E-state index contributed by atoms with van der Waals surface area (Å²) in [4.78, 5) is 12.2. The van der Waals surface area contributed by atoms with Crippen LogP contribution in [0.3, 0.4) is 0 Å². The van der Waals surface area contributed by atoms with Gasteiger partial charge in [0.2, 0.25) is 5.91 Å². The number of nitrogens with one attached hydrogen (secondary N) is 1. The van der Waals surface area contributed by atoms with E-state index in [4.69, 9.17) is 5.73 Å². The minimum Gasteiger partial charge on any atom is -0.330 e. The van der Waals surface area contributed by atoms with Crippen molar-refractivity contribution in [1.29, 1.82) is 0 Å². The van der Waals surface area contributed by atoms with E-state index in [-0.39, 0.29) is 17.1 Å². The van der Waals surface area contributed by atoms with Gasteiger partial charge in [0.25, 0.3) is 0 Å². The first-order valence-corrected chi connectivity index (χ1v) is 7.99. The van der Waals surface area contributed by atoms with E-state index in [0.29, 0.717) is 30.1 Å². The highest BCUT2D eigenvalue weighted by molar-refractivity contribution is 5.91. The SMILES string of the molecule is CC(C)(CN)CC(=O)Nc1ccc2nnc(-c3ccc(F)cc3)n2c1. The molecule has 6 nitrogen and oxygen atoms in total. The van der Waals surface area contributed by atoms with Crippen LogP contribution in [0.5, 0.6) is 0 Å². The number of pyridine rings is 1. The molecular weight excluding hydrogens is 321 g/mol. The molecule has 0 saturated carbocycles. The monoisotopic (exact) mass is 341 g/mol. The van der Waals surface area contributed by atoms with E-state index < -0.39 is 0 Å². The molecule has 0 aliphatic heterocycles. The van der Waals surface area contributed by atoms with Crippen LogP contribution in [0.4, 0.5) is 10.1 Å². The number of hydrogen-bond acceptors (Lipinski definition) is 4. The molecule has 2 aromatic heterocycles. The maximum atomic E-state index is 13.1. The number of anilines is 1. The molecule has 130 valence electrons. The molecule has 0 radical (unpaired) electrons. The van der Waals surface area contributed by atoms with Gasteiger partial charge in [-0.05, 0) is 48.4 Å². The lowest BCUT2D eigenvalue weighted by molar-refractivity contribution is -0.117. The Bertz CT molecular complexity index is 901. The summed E-state index contributed by atoms with van der Waals surface area (Å²) in [5.74, 6) is 0.160. The zero-order chi connectivity index (χ0) is 18.0. The van der Waals surface area contributed by atoms with Crippen LogP contribution in [0.2, 0.25) is 0 Å². The highest BCUT2D eigenvalue weighted by Crippen LogP contribution is 2.22.